The zero-order valence-electron chi connectivity index (χ0n) is 8.67. The van der Waals surface area contributed by atoms with E-state index in [4.69, 9.17) is 5.73 Å². The van der Waals surface area contributed by atoms with Crippen LogP contribution in [-0.2, 0) is 13.5 Å². The fourth-order valence-electron chi connectivity index (χ4n) is 2.18. The summed E-state index contributed by atoms with van der Waals surface area (Å²) in [4.78, 5) is 0. The minimum atomic E-state index is 0.206. The van der Waals surface area contributed by atoms with Crippen molar-refractivity contribution in [3.63, 3.8) is 0 Å². The van der Waals surface area contributed by atoms with Crippen LogP contribution in [0.25, 0.3) is 0 Å². The van der Waals surface area contributed by atoms with Crippen LogP contribution < -0.4 is 5.73 Å². The number of aryl methyl sites for hydroxylation is 2. The second-order valence-corrected chi connectivity index (χ2v) is 4.87. The minimum Gasteiger partial charge on any atom is -0.357 e. The molecule has 0 bridgehead atoms. The van der Waals surface area contributed by atoms with Crippen LogP contribution in [0.5, 0.6) is 0 Å². The summed E-state index contributed by atoms with van der Waals surface area (Å²) in [6, 6.07) is 0.206. The predicted molar refractivity (Wildman–Crippen MR) is 54.4 cm³/mol. The molecule has 2 rings (SSSR count). The van der Waals surface area contributed by atoms with E-state index in [2.05, 4.69) is 37.9 Å². The molecule has 0 radical (unpaired) electrons. The molecule has 0 amide bonds. The van der Waals surface area contributed by atoms with Gasteiger partial charge in [-0.25, -0.2) is 0 Å². The number of rotatable bonds is 0. The Morgan fingerprint density at radius 2 is 2.15 bits per heavy atom. The normalized spacial score (nSPS) is 25.7. The summed E-state index contributed by atoms with van der Waals surface area (Å²) in [6.45, 7) is 4.52. The molecule has 1 aliphatic carbocycles. The lowest BCUT2D eigenvalue weighted by Crippen LogP contribution is -2.33. The van der Waals surface area contributed by atoms with Gasteiger partial charge in [-0.3, -0.25) is 0 Å². The molecular formula is C11H18N2. The molecule has 1 heterocycles. The van der Waals surface area contributed by atoms with Crippen LogP contribution in [0, 0.1) is 5.41 Å². The number of hydrogen-bond acceptors (Lipinski definition) is 1. The van der Waals surface area contributed by atoms with Crippen molar-refractivity contribution in [3.8, 4) is 0 Å². The molecule has 0 saturated heterocycles. The Labute approximate surface area is 79.7 Å². The molecule has 1 aromatic heterocycles. The van der Waals surface area contributed by atoms with Crippen molar-refractivity contribution >= 4 is 0 Å². The molecule has 0 aliphatic heterocycles. The summed E-state index contributed by atoms with van der Waals surface area (Å²) in [5.41, 5.74) is 9.27. The van der Waals surface area contributed by atoms with Crippen LogP contribution in [-0.4, -0.2) is 4.57 Å². The van der Waals surface area contributed by atoms with Gasteiger partial charge in [0.05, 0.1) is 0 Å². The van der Waals surface area contributed by atoms with Gasteiger partial charge in [-0.15, -0.1) is 0 Å². The average molecular weight is 178 g/mol. The van der Waals surface area contributed by atoms with Crippen LogP contribution in [0.2, 0.25) is 0 Å². The lowest BCUT2D eigenvalue weighted by molar-refractivity contribution is 0.250. The van der Waals surface area contributed by atoms with E-state index in [1.165, 1.54) is 24.0 Å². The van der Waals surface area contributed by atoms with E-state index in [9.17, 15) is 0 Å². The highest BCUT2D eigenvalue weighted by atomic mass is 14.9. The summed E-state index contributed by atoms with van der Waals surface area (Å²) in [5.74, 6) is 0. The van der Waals surface area contributed by atoms with Gasteiger partial charge in [-0.05, 0) is 29.4 Å². The number of nitrogens with two attached hydrogens (primary N) is 1. The van der Waals surface area contributed by atoms with Gasteiger partial charge >= 0.3 is 0 Å². The second kappa shape index (κ2) is 2.61. The Morgan fingerprint density at radius 1 is 1.46 bits per heavy atom. The number of hydrogen-bond donors (Lipinski definition) is 1. The molecule has 2 heteroatoms. The molecule has 0 fully saturated rings. The van der Waals surface area contributed by atoms with Gasteiger partial charge in [0.15, 0.2) is 0 Å². The molecule has 0 saturated carbocycles. The third-order valence-electron chi connectivity index (χ3n) is 3.29. The number of nitrogens with zero attached hydrogens (tertiary/aromatic N) is 1. The van der Waals surface area contributed by atoms with Crippen molar-refractivity contribution in [1.29, 1.82) is 0 Å². The zero-order valence-corrected chi connectivity index (χ0v) is 8.67. The summed E-state index contributed by atoms with van der Waals surface area (Å²) >= 11 is 0. The van der Waals surface area contributed by atoms with Crippen molar-refractivity contribution < 1.29 is 0 Å². The summed E-state index contributed by atoms with van der Waals surface area (Å²) in [5, 5.41) is 0. The maximum atomic E-state index is 6.22. The number of aromatic nitrogens is 1. The van der Waals surface area contributed by atoms with Crippen molar-refractivity contribution in [2.24, 2.45) is 18.2 Å². The molecule has 1 unspecified atom stereocenters. The first-order valence-corrected chi connectivity index (χ1v) is 4.91. The molecule has 13 heavy (non-hydrogen) atoms. The smallest absolute Gasteiger partial charge is 0.0364 e. The van der Waals surface area contributed by atoms with Crippen LogP contribution in [0.15, 0.2) is 12.4 Å². The Kier molecular flexibility index (Phi) is 1.77. The Morgan fingerprint density at radius 3 is 2.85 bits per heavy atom. The van der Waals surface area contributed by atoms with E-state index in [0.29, 0.717) is 0 Å². The van der Waals surface area contributed by atoms with Gasteiger partial charge in [-0.1, -0.05) is 13.8 Å². The third-order valence-corrected chi connectivity index (χ3v) is 3.29. The molecule has 2 N–H and O–H groups in total. The highest BCUT2D eigenvalue weighted by Gasteiger charge is 2.33. The maximum Gasteiger partial charge on any atom is 0.0364 e. The molecule has 2 nitrogen and oxygen atoms in total. The molecule has 1 aromatic rings. The molecular weight excluding hydrogens is 160 g/mol. The van der Waals surface area contributed by atoms with Crippen LogP contribution in [0.3, 0.4) is 0 Å². The van der Waals surface area contributed by atoms with Gasteiger partial charge in [-0.2, -0.15) is 0 Å². The first kappa shape index (κ1) is 8.82. The molecule has 1 aliphatic rings. The Balaban J connectivity index is 2.44. The fourth-order valence-corrected chi connectivity index (χ4v) is 2.18. The Hall–Kier alpha value is -0.760. The quantitative estimate of drug-likeness (QED) is 0.647. The molecule has 0 aromatic carbocycles. The van der Waals surface area contributed by atoms with Crippen molar-refractivity contribution in [1.82, 2.24) is 4.57 Å². The summed E-state index contributed by atoms with van der Waals surface area (Å²) in [6.07, 6.45) is 6.74. The summed E-state index contributed by atoms with van der Waals surface area (Å²) in [7, 11) is 2.07. The van der Waals surface area contributed by atoms with Gasteiger partial charge in [0, 0.05) is 25.5 Å². The van der Waals surface area contributed by atoms with Gasteiger partial charge < -0.3 is 10.3 Å². The lowest BCUT2D eigenvalue weighted by atomic mass is 9.72. The highest BCUT2D eigenvalue weighted by Crippen LogP contribution is 2.41. The minimum absolute atomic E-state index is 0.206. The maximum absolute atomic E-state index is 6.22. The van der Waals surface area contributed by atoms with E-state index in [1.807, 2.05) is 0 Å². The number of fused-ring (bicyclic) bond motifs is 1. The van der Waals surface area contributed by atoms with Gasteiger partial charge in [0.25, 0.3) is 0 Å². The Bertz CT molecular complexity index is 323. The summed E-state index contributed by atoms with van der Waals surface area (Å²) < 4.78 is 2.12. The van der Waals surface area contributed by atoms with E-state index in [-0.39, 0.29) is 11.5 Å². The largest absolute Gasteiger partial charge is 0.357 e. The molecule has 0 spiro atoms. The van der Waals surface area contributed by atoms with E-state index in [1.54, 1.807) is 0 Å². The molecule has 1 atom stereocenters. The van der Waals surface area contributed by atoms with Crippen LogP contribution in [0.1, 0.15) is 37.4 Å². The second-order valence-electron chi connectivity index (χ2n) is 4.87. The van der Waals surface area contributed by atoms with Crippen LogP contribution >= 0.6 is 0 Å². The van der Waals surface area contributed by atoms with Crippen LogP contribution in [0.4, 0.5) is 0 Å². The van der Waals surface area contributed by atoms with Gasteiger partial charge in [0.1, 0.15) is 0 Å². The lowest BCUT2D eigenvalue weighted by Gasteiger charge is -2.36. The molecule has 72 valence electrons. The predicted octanol–water partition coefficient (Wildman–Crippen LogP) is 2.00. The SMILES string of the molecule is Cn1cc2c(c1)C(N)C(C)(C)CC2. The first-order valence-electron chi connectivity index (χ1n) is 4.91. The fraction of sp³-hybridized carbons (Fsp3) is 0.636. The van der Waals surface area contributed by atoms with E-state index < -0.39 is 0 Å². The third kappa shape index (κ3) is 1.29. The van der Waals surface area contributed by atoms with Crippen molar-refractivity contribution in [2.75, 3.05) is 0 Å². The van der Waals surface area contributed by atoms with Gasteiger partial charge in [0.2, 0.25) is 0 Å². The first-order chi connectivity index (χ1) is 6.00. The van der Waals surface area contributed by atoms with E-state index >= 15 is 0 Å². The topological polar surface area (TPSA) is 30.9 Å². The monoisotopic (exact) mass is 178 g/mol. The average Bonchev–Trinajstić information content (AvgIpc) is 2.40. The zero-order chi connectivity index (χ0) is 9.64. The van der Waals surface area contributed by atoms with Crippen molar-refractivity contribution in [2.45, 2.75) is 32.7 Å². The standard InChI is InChI=1S/C11H18N2/c1-11(2)5-4-8-6-13(3)7-9(8)10(11)12/h6-7,10H,4-5,12H2,1-3H3. The van der Waals surface area contributed by atoms with E-state index in [0.717, 1.165) is 0 Å². The van der Waals surface area contributed by atoms with Crippen molar-refractivity contribution in [3.05, 3.63) is 23.5 Å². The highest BCUT2D eigenvalue weighted by molar-refractivity contribution is 5.31.